The molecule has 0 aromatic heterocycles. The number of hydrogen-bond donors (Lipinski definition) is 1. The van der Waals surface area contributed by atoms with Crippen LogP contribution >= 0.6 is 0 Å². The van der Waals surface area contributed by atoms with Crippen molar-refractivity contribution in [2.24, 2.45) is 5.73 Å². The molecule has 2 aromatic rings. The van der Waals surface area contributed by atoms with Crippen LogP contribution in [-0.2, 0) is 11.3 Å². The lowest BCUT2D eigenvalue weighted by atomic mass is 9.88. The molecule has 2 N–H and O–H groups in total. The first-order valence-electron chi connectivity index (χ1n) is 7.04. The molecular formula is C17H17FN2O2. The SMILES string of the molecule is COc1cccc([C@@H]2[C@H](N)C(=O)N2Cc2ccc(F)cc2)c1. The topological polar surface area (TPSA) is 55.6 Å². The van der Waals surface area contributed by atoms with Gasteiger partial charge in [0.2, 0.25) is 5.91 Å². The fourth-order valence-corrected chi connectivity index (χ4v) is 2.75. The number of β-lactam (4-membered cyclic amide) rings is 1. The molecule has 1 aliphatic heterocycles. The van der Waals surface area contributed by atoms with Gasteiger partial charge in [-0.25, -0.2) is 4.39 Å². The molecule has 0 aliphatic carbocycles. The Balaban J connectivity index is 1.83. The van der Waals surface area contributed by atoms with Crippen LogP contribution in [0.3, 0.4) is 0 Å². The smallest absolute Gasteiger partial charge is 0.242 e. The van der Waals surface area contributed by atoms with Crippen LogP contribution in [0, 0.1) is 5.82 Å². The fraction of sp³-hybridized carbons (Fsp3) is 0.235. The van der Waals surface area contributed by atoms with Gasteiger partial charge >= 0.3 is 0 Å². The molecule has 3 rings (SSSR count). The molecular weight excluding hydrogens is 283 g/mol. The molecule has 114 valence electrons. The number of amides is 1. The Morgan fingerprint density at radius 1 is 1.23 bits per heavy atom. The third-order valence-electron chi connectivity index (χ3n) is 3.95. The van der Waals surface area contributed by atoms with Crippen LogP contribution in [0.25, 0.3) is 0 Å². The molecule has 1 amide bonds. The first kappa shape index (κ1) is 14.5. The van der Waals surface area contributed by atoms with E-state index in [0.717, 1.165) is 16.9 Å². The van der Waals surface area contributed by atoms with E-state index in [0.29, 0.717) is 6.54 Å². The van der Waals surface area contributed by atoms with Gasteiger partial charge in [-0.1, -0.05) is 24.3 Å². The molecule has 0 spiro atoms. The van der Waals surface area contributed by atoms with Crippen molar-refractivity contribution in [1.82, 2.24) is 4.90 Å². The van der Waals surface area contributed by atoms with Gasteiger partial charge in [0.1, 0.15) is 17.6 Å². The van der Waals surface area contributed by atoms with Gasteiger partial charge in [0, 0.05) is 6.54 Å². The Morgan fingerprint density at radius 3 is 2.64 bits per heavy atom. The molecule has 0 unspecified atom stereocenters. The van der Waals surface area contributed by atoms with Crippen LogP contribution < -0.4 is 10.5 Å². The fourth-order valence-electron chi connectivity index (χ4n) is 2.75. The molecule has 0 bridgehead atoms. The quantitative estimate of drug-likeness (QED) is 0.881. The van der Waals surface area contributed by atoms with Gasteiger partial charge in [0.05, 0.1) is 13.2 Å². The van der Waals surface area contributed by atoms with Gasteiger partial charge in [0.25, 0.3) is 0 Å². The van der Waals surface area contributed by atoms with Gasteiger partial charge in [-0.2, -0.15) is 0 Å². The molecule has 4 nitrogen and oxygen atoms in total. The van der Waals surface area contributed by atoms with E-state index in [2.05, 4.69) is 0 Å². The molecule has 22 heavy (non-hydrogen) atoms. The maximum absolute atomic E-state index is 13.0. The number of carbonyl (C=O) groups excluding carboxylic acids is 1. The molecule has 0 saturated carbocycles. The molecule has 2 aromatic carbocycles. The second kappa shape index (κ2) is 5.77. The van der Waals surface area contributed by atoms with E-state index in [1.165, 1.54) is 12.1 Å². The Morgan fingerprint density at radius 2 is 1.95 bits per heavy atom. The number of rotatable bonds is 4. The van der Waals surface area contributed by atoms with Crippen LogP contribution in [0.5, 0.6) is 5.75 Å². The zero-order chi connectivity index (χ0) is 15.7. The number of hydrogen-bond acceptors (Lipinski definition) is 3. The minimum atomic E-state index is -0.549. The average molecular weight is 300 g/mol. The lowest BCUT2D eigenvalue weighted by Gasteiger charge is -2.45. The summed E-state index contributed by atoms with van der Waals surface area (Å²) >= 11 is 0. The van der Waals surface area contributed by atoms with Crippen molar-refractivity contribution in [1.29, 1.82) is 0 Å². The molecule has 0 radical (unpaired) electrons. The summed E-state index contributed by atoms with van der Waals surface area (Å²) in [4.78, 5) is 13.8. The summed E-state index contributed by atoms with van der Waals surface area (Å²) < 4.78 is 18.2. The lowest BCUT2D eigenvalue weighted by Crippen LogP contribution is -2.62. The van der Waals surface area contributed by atoms with Crippen molar-refractivity contribution in [3.05, 3.63) is 65.5 Å². The van der Waals surface area contributed by atoms with E-state index in [1.807, 2.05) is 24.3 Å². The summed E-state index contributed by atoms with van der Waals surface area (Å²) in [5.74, 6) is 0.336. The van der Waals surface area contributed by atoms with Crippen molar-refractivity contribution < 1.29 is 13.9 Å². The monoisotopic (exact) mass is 300 g/mol. The Bertz CT molecular complexity index is 687. The van der Waals surface area contributed by atoms with Crippen LogP contribution in [0.4, 0.5) is 4.39 Å². The summed E-state index contributed by atoms with van der Waals surface area (Å²) in [6.07, 6.45) is 0. The van der Waals surface area contributed by atoms with E-state index < -0.39 is 6.04 Å². The molecule has 2 atom stereocenters. The number of likely N-dealkylation sites (tertiary alicyclic amines) is 1. The molecule has 1 heterocycles. The summed E-state index contributed by atoms with van der Waals surface area (Å²) in [5, 5.41) is 0. The predicted octanol–water partition coefficient (Wildman–Crippen LogP) is 2.25. The maximum Gasteiger partial charge on any atom is 0.242 e. The van der Waals surface area contributed by atoms with Crippen LogP contribution in [-0.4, -0.2) is 24.0 Å². The number of methoxy groups -OCH3 is 1. The van der Waals surface area contributed by atoms with Crippen LogP contribution in [0.1, 0.15) is 17.2 Å². The summed E-state index contributed by atoms with van der Waals surface area (Å²) in [5.41, 5.74) is 7.77. The zero-order valence-electron chi connectivity index (χ0n) is 12.2. The maximum atomic E-state index is 13.0. The predicted molar refractivity (Wildman–Crippen MR) is 80.7 cm³/mol. The number of halogens is 1. The lowest BCUT2D eigenvalue weighted by molar-refractivity contribution is -0.150. The minimum absolute atomic E-state index is 0.0999. The first-order chi connectivity index (χ1) is 10.6. The minimum Gasteiger partial charge on any atom is -0.497 e. The number of nitrogens with zero attached hydrogens (tertiary/aromatic N) is 1. The van der Waals surface area contributed by atoms with Gasteiger partial charge in [-0.15, -0.1) is 0 Å². The number of benzene rings is 2. The third-order valence-corrected chi connectivity index (χ3v) is 3.95. The van der Waals surface area contributed by atoms with E-state index in [-0.39, 0.29) is 17.8 Å². The van der Waals surface area contributed by atoms with Crippen molar-refractivity contribution in [2.45, 2.75) is 18.6 Å². The van der Waals surface area contributed by atoms with Crippen molar-refractivity contribution in [2.75, 3.05) is 7.11 Å². The highest BCUT2D eigenvalue weighted by Gasteiger charge is 2.45. The van der Waals surface area contributed by atoms with Gasteiger partial charge in [-0.3, -0.25) is 4.79 Å². The van der Waals surface area contributed by atoms with Gasteiger partial charge < -0.3 is 15.4 Å². The number of nitrogens with two attached hydrogens (primary N) is 1. The van der Waals surface area contributed by atoms with Gasteiger partial charge in [0.15, 0.2) is 0 Å². The second-order valence-electron chi connectivity index (χ2n) is 5.34. The van der Waals surface area contributed by atoms with Crippen LogP contribution in [0.2, 0.25) is 0 Å². The van der Waals surface area contributed by atoms with Crippen molar-refractivity contribution >= 4 is 5.91 Å². The van der Waals surface area contributed by atoms with Crippen LogP contribution in [0.15, 0.2) is 48.5 Å². The third kappa shape index (κ3) is 2.55. The molecule has 1 fully saturated rings. The highest BCUT2D eigenvalue weighted by atomic mass is 19.1. The average Bonchev–Trinajstić information content (AvgIpc) is 2.56. The van der Waals surface area contributed by atoms with Gasteiger partial charge in [-0.05, 0) is 35.4 Å². The second-order valence-corrected chi connectivity index (χ2v) is 5.34. The van der Waals surface area contributed by atoms with E-state index >= 15 is 0 Å². The Hall–Kier alpha value is -2.40. The summed E-state index contributed by atoms with van der Waals surface area (Å²) in [6, 6.07) is 12.9. The summed E-state index contributed by atoms with van der Waals surface area (Å²) in [7, 11) is 1.60. The normalized spacial score (nSPS) is 20.7. The number of ether oxygens (including phenoxy) is 1. The van der Waals surface area contributed by atoms with E-state index in [1.54, 1.807) is 24.1 Å². The largest absolute Gasteiger partial charge is 0.497 e. The highest BCUT2D eigenvalue weighted by Crippen LogP contribution is 2.36. The Kier molecular flexibility index (Phi) is 3.81. The van der Waals surface area contributed by atoms with E-state index in [4.69, 9.17) is 10.5 Å². The highest BCUT2D eigenvalue weighted by molar-refractivity contribution is 5.89. The molecule has 5 heteroatoms. The van der Waals surface area contributed by atoms with Crippen molar-refractivity contribution in [3.8, 4) is 5.75 Å². The number of carbonyl (C=O) groups is 1. The Labute approximate surface area is 128 Å². The standard InChI is InChI=1S/C17H17FN2O2/c1-22-14-4-2-3-12(9-14)16-15(19)17(21)20(16)10-11-5-7-13(18)8-6-11/h2-9,15-16H,10,19H2,1H3/t15-,16+/m0/s1. The summed E-state index contributed by atoms with van der Waals surface area (Å²) in [6.45, 7) is 0.411. The zero-order valence-corrected chi connectivity index (χ0v) is 12.2. The molecule has 1 saturated heterocycles. The van der Waals surface area contributed by atoms with Crippen molar-refractivity contribution in [3.63, 3.8) is 0 Å². The molecule has 1 aliphatic rings. The first-order valence-corrected chi connectivity index (χ1v) is 7.04. The van der Waals surface area contributed by atoms with E-state index in [9.17, 15) is 9.18 Å².